The van der Waals surface area contributed by atoms with Crippen LogP contribution in [0.4, 0.5) is 0 Å². The van der Waals surface area contributed by atoms with Crippen LogP contribution in [-0.4, -0.2) is 0 Å². The number of hydrogen-bond donors (Lipinski definition) is 0. The van der Waals surface area contributed by atoms with Crippen LogP contribution in [0.3, 0.4) is 0 Å². The zero-order valence-electron chi connectivity index (χ0n) is 19.9. The van der Waals surface area contributed by atoms with Crippen LogP contribution in [0, 0.1) is 13.8 Å². The summed E-state index contributed by atoms with van der Waals surface area (Å²) in [5.41, 5.74) is 8.08. The molecule has 2 heterocycles. The molecule has 0 saturated carbocycles. The second kappa shape index (κ2) is 9.51. The van der Waals surface area contributed by atoms with Gasteiger partial charge < -0.3 is 0 Å². The summed E-state index contributed by atoms with van der Waals surface area (Å²) in [6.45, 7) is 4.35. The molecule has 2 aliphatic heterocycles. The largest absolute Gasteiger partial charge is 0.0852 e. The lowest BCUT2D eigenvalue weighted by molar-refractivity contribution is 0.677. The van der Waals surface area contributed by atoms with Crippen LogP contribution in [0.5, 0.6) is 0 Å². The Morgan fingerprint density at radius 1 is 0.600 bits per heavy atom. The lowest BCUT2D eigenvalue weighted by Gasteiger charge is -2.43. The SMILES string of the molecule is Cc1ccc(C2C=C(c3ccccc3)SP3SC(c4ccccc4)=CC23c2ccc(C)cc2)cc1. The zero-order chi connectivity index (χ0) is 23.8. The molecule has 0 fully saturated rings. The quantitative estimate of drug-likeness (QED) is 0.253. The molecule has 0 spiro atoms. The monoisotopic (exact) mass is 506 g/mol. The first-order valence-electron chi connectivity index (χ1n) is 12.0. The van der Waals surface area contributed by atoms with E-state index in [1.54, 1.807) is 0 Å². The minimum Gasteiger partial charge on any atom is -0.0852 e. The van der Waals surface area contributed by atoms with Gasteiger partial charge in [0.2, 0.25) is 0 Å². The molecule has 0 nitrogen and oxygen atoms in total. The van der Waals surface area contributed by atoms with Crippen LogP contribution in [0.25, 0.3) is 9.81 Å². The maximum Gasteiger partial charge on any atom is 0.0641 e. The van der Waals surface area contributed by atoms with Gasteiger partial charge in [0.15, 0.2) is 0 Å². The molecular weight excluding hydrogens is 479 g/mol. The van der Waals surface area contributed by atoms with Gasteiger partial charge in [0.25, 0.3) is 0 Å². The summed E-state index contributed by atoms with van der Waals surface area (Å²) >= 11 is 4.18. The Bertz CT molecular complexity index is 1350. The van der Waals surface area contributed by atoms with Crippen molar-refractivity contribution >= 4 is 38.9 Å². The van der Waals surface area contributed by atoms with E-state index in [0.717, 1.165) is 0 Å². The first kappa shape index (κ1) is 22.9. The maximum atomic E-state index is 2.61. The standard InChI is InChI=1S/C32H27PS2/c1-23-13-17-25(18-14-23)29-21-30(26-9-5-3-6-10-26)34-33-32(29,28-19-15-24(2)16-20-28)22-31(35-33)27-11-7-4-8-12-27/h3-22,29H,1-2H3. The van der Waals surface area contributed by atoms with E-state index in [1.165, 1.54) is 43.2 Å². The predicted octanol–water partition coefficient (Wildman–Crippen LogP) is 10.2. The lowest BCUT2D eigenvalue weighted by atomic mass is 9.78. The summed E-state index contributed by atoms with van der Waals surface area (Å²) in [6, 6.07) is 40.4. The van der Waals surface area contributed by atoms with Crippen molar-refractivity contribution in [2.75, 3.05) is 0 Å². The average molecular weight is 507 g/mol. The molecule has 0 amide bonds. The Kier molecular flexibility index (Phi) is 6.23. The van der Waals surface area contributed by atoms with E-state index in [-0.39, 0.29) is 11.1 Å². The van der Waals surface area contributed by atoms with Crippen LogP contribution in [0.2, 0.25) is 0 Å². The van der Waals surface area contributed by atoms with Gasteiger partial charge in [-0.05, 0) is 36.1 Å². The van der Waals surface area contributed by atoms with E-state index >= 15 is 0 Å². The minimum absolute atomic E-state index is 0.0723. The minimum atomic E-state index is -0.514. The normalized spacial score (nSPS) is 23.4. The molecule has 0 aliphatic carbocycles. The summed E-state index contributed by atoms with van der Waals surface area (Å²) in [7, 11) is 0. The zero-order valence-corrected chi connectivity index (χ0v) is 22.4. The third-order valence-corrected chi connectivity index (χ3v) is 14.9. The first-order chi connectivity index (χ1) is 17.1. The van der Waals surface area contributed by atoms with Crippen LogP contribution in [-0.2, 0) is 5.16 Å². The maximum absolute atomic E-state index is 2.61. The van der Waals surface area contributed by atoms with Gasteiger partial charge in [-0.15, -0.1) is 0 Å². The van der Waals surface area contributed by atoms with Crippen molar-refractivity contribution in [2.24, 2.45) is 0 Å². The van der Waals surface area contributed by atoms with Gasteiger partial charge in [0.05, 0.1) is 5.16 Å². The molecule has 3 heteroatoms. The Hall–Kier alpha value is -2.51. The molecule has 4 aromatic carbocycles. The number of aryl methyl sites for hydroxylation is 2. The van der Waals surface area contributed by atoms with Crippen LogP contribution >= 0.6 is 29.1 Å². The smallest absolute Gasteiger partial charge is 0.0641 e. The van der Waals surface area contributed by atoms with E-state index in [2.05, 4.69) is 158 Å². The lowest BCUT2D eigenvalue weighted by Crippen LogP contribution is -2.28. The fourth-order valence-corrected chi connectivity index (χ4v) is 14.2. The first-order valence-corrected chi connectivity index (χ1v) is 16.2. The van der Waals surface area contributed by atoms with Crippen molar-refractivity contribution in [3.63, 3.8) is 0 Å². The van der Waals surface area contributed by atoms with E-state index in [9.17, 15) is 0 Å². The topological polar surface area (TPSA) is 0 Å². The molecule has 3 atom stereocenters. The number of rotatable bonds is 4. The fraction of sp³-hybridized carbons (Fsp3) is 0.125. The highest BCUT2D eigenvalue weighted by Gasteiger charge is 2.53. The van der Waals surface area contributed by atoms with E-state index in [1.807, 2.05) is 0 Å². The van der Waals surface area contributed by atoms with Crippen LogP contribution < -0.4 is 0 Å². The van der Waals surface area contributed by atoms with Crippen molar-refractivity contribution in [2.45, 2.75) is 24.9 Å². The molecule has 0 saturated heterocycles. The van der Waals surface area contributed by atoms with Gasteiger partial charge in [-0.1, -0.05) is 155 Å². The van der Waals surface area contributed by atoms with E-state index < -0.39 is 6.33 Å². The second-order valence-electron chi connectivity index (χ2n) is 9.29. The van der Waals surface area contributed by atoms with Crippen LogP contribution in [0.15, 0.2) is 121 Å². The number of fused-ring (bicyclic) bond motifs is 1. The Morgan fingerprint density at radius 3 is 1.71 bits per heavy atom. The van der Waals surface area contributed by atoms with Crippen molar-refractivity contribution < 1.29 is 0 Å². The van der Waals surface area contributed by atoms with Crippen molar-refractivity contribution in [1.29, 1.82) is 0 Å². The molecule has 4 aromatic rings. The van der Waals surface area contributed by atoms with E-state index in [0.29, 0.717) is 0 Å². The summed E-state index contributed by atoms with van der Waals surface area (Å²) in [6.07, 6.45) is 4.65. The Morgan fingerprint density at radius 2 is 1.11 bits per heavy atom. The molecule has 6 rings (SSSR count). The van der Waals surface area contributed by atoms with Gasteiger partial charge in [-0.3, -0.25) is 0 Å². The molecule has 172 valence electrons. The van der Waals surface area contributed by atoms with Crippen LogP contribution in [0.1, 0.15) is 39.3 Å². The highest BCUT2D eigenvalue weighted by atomic mass is 33.1. The Balaban J connectivity index is 1.59. The molecule has 2 aliphatic rings. The second-order valence-corrected chi connectivity index (χ2v) is 15.8. The van der Waals surface area contributed by atoms with Gasteiger partial charge in [-0.25, -0.2) is 0 Å². The molecule has 0 N–H and O–H groups in total. The van der Waals surface area contributed by atoms with Crippen molar-refractivity contribution in [3.8, 4) is 0 Å². The molecule has 35 heavy (non-hydrogen) atoms. The number of hydrogen-bond acceptors (Lipinski definition) is 2. The molecule has 0 aromatic heterocycles. The summed E-state index contributed by atoms with van der Waals surface area (Å²) in [5, 5.41) is -0.0723. The van der Waals surface area contributed by atoms with Gasteiger partial charge in [0, 0.05) is 22.1 Å². The van der Waals surface area contributed by atoms with Crippen molar-refractivity contribution in [3.05, 3.63) is 155 Å². The highest BCUT2D eigenvalue weighted by Crippen LogP contribution is 2.87. The Labute approximate surface area is 217 Å². The summed E-state index contributed by atoms with van der Waals surface area (Å²) in [4.78, 5) is 2.81. The van der Waals surface area contributed by atoms with Gasteiger partial charge >= 0.3 is 0 Å². The number of benzene rings is 4. The highest BCUT2D eigenvalue weighted by molar-refractivity contribution is 8.92. The molecule has 0 radical (unpaired) electrons. The van der Waals surface area contributed by atoms with Gasteiger partial charge in [0.1, 0.15) is 0 Å². The summed E-state index contributed by atoms with van der Waals surface area (Å²) in [5.74, 6) is 0.266. The summed E-state index contributed by atoms with van der Waals surface area (Å²) < 4.78 is 0. The molecular formula is C32H27PS2. The number of allylic oxidation sites excluding steroid dienone is 2. The molecule has 0 bridgehead atoms. The fourth-order valence-electron chi connectivity index (χ4n) is 4.94. The van der Waals surface area contributed by atoms with E-state index in [4.69, 9.17) is 0 Å². The van der Waals surface area contributed by atoms with Gasteiger partial charge in [-0.2, -0.15) is 0 Å². The average Bonchev–Trinajstić information content (AvgIpc) is 3.31. The van der Waals surface area contributed by atoms with Crippen molar-refractivity contribution in [1.82, 2.24) is 0 Å². The third kappa shape index (κ3) is 4.23. The molecule has 3 unspecified atom stereocenters. The third-order valence-electron chi connectivity index (χ3n) is 6.88. The predicted molar refractivity (Wildman–Crippen MR) is 158 cm³/mol.